The maximum absolute atomic E-state index is 12.4. The molecule has 0 amide bonds. The Hall–Kier alpha value is -1.01. The van der Waals surface area contributed by atoms with Crippen molar-refractivity contribution < 1.29 is 17.2 Å². The van der Waals surface area contributed by atoms with Crippen LogP contribution in [0, 0.1) is 11.6 Å². The first kappa shape index (κ1) is 9.08. The fraction of sp³-hybridized carbons (Fsp3) is 0. The Morgan fingerprint density at radius 3 is 1.83 bits per heavy atom. The zero-order valence-electron chi connectivity index (χ0n) is 5.79. The molecule has 0 saturated heterocycles. The number of primary sulfonamides is 1. The minimum absolute atomic E-state index is 0.564. The molecule has 2 N–H and O–H groups in total. The minimum Gasteiger partial charge on any atom is -0.225 e. The smallest absolute Gasteiger partial charge is 0.225 e. The van der Waals surface area contributed by atoms with Gasteiger partial charge in [0.2, 0.25) is 10.0 Å². The van der Waals surface area contributed by atoms with Crippen LogP contribution in [0.5, 0.6) is 0 Å². The Morgan fingerprint density at radius 2 is 1.50 bits per heavy atom. The second-order valence-electron chi connectivity index (χ2n) is 2.15. The van der Waals surface area contributed by atoms with E-state index in [2.05, 4.69) is 5.14 Å². The fourth-order valence-corrected chi connectivity index (χ4v) is 1.25. The SMILES string of the molecule is NS(=O)(=O)c1cc(F)cc(F)c1. The molecular formula is C6H5F2NO2S. The molecular weight excluding hydrogens is 188 g/mol. The zero-order chi connectivity index (χ0) is 9.35. The average Bonchev–Trinajstić information content (AvgIpc) is 1.82. The van der Waals surface area contributed by atoms with E-state index in [4.69, 9.17) is 0 Å². The Bertz CT molecular complexity index is 382. The van der Waals surface area contributed by atoms with Gasteiger partial charge in [-0.3, -0.25) is 0 Å². The van der Waals surface area contributed by atoms with Gasteiger partial charge < -0.3 is 0 Å². The van der Waals surface area contributed by atoms with Crippen LogP contribution in [-0.4, -0.2) is 8.42 Å². The third-order valence-electron chi connectivity index (χ3n) is 1.16. The predicted octanol–water partition coefficient (Wildman–Crippen LogP) is 0.612. The maximum Gasteiger partial charge on any atom is 0.238 e. The Balaban J connectivity index is 3.37. The van der Waals surface area contributed by atoms with Gasteiger partial charge in [-0.15, -0.1) is 0 Å². The van der Waals surface area contributed by atoms with Crippen LogP contribution in [0.25, 0.3) is 0 Å². The number of benzene rings is 1. The summed E-state index contributed by atoms with van der Waals surface area (Å²) in [4.78, 5) is -0.569. The van der Waals surface area contributed by atoms with Crippen molar-refractivity contribution in [3.63, 3.8) is 0 Å². The largest absolute Gasteiger partial charge is 0.238 e. The lowest BCUT2D eigenvalue weighted by Crippen LogP contribution is -2.12. The lowest BCUT2D eigenvalue weighted by molar-refractivity contribution is 0.567. The molecule has 66 valence electrons. The first-order valence-electron chi connectivity index (χ1n) is 2.88. The van der Waals surface area contributed by atoms with Gasteiger partial charge in [-0.25, -0.2) is 22.3 Å². The molecule has 0 heterocycles. The van der Waals surface area contributed by atoms with Gasteiger partial charge >= 0.3 is 0 Å². The van der Waals surface area contributed by atoms with Crippen LogP contribution in [0.4, 0.5) is 8.78 Å². The molecule has 0 fully saturated rings. The van der Waals surface area contributed by atoms with Crippen molar-refractivity contribution in [2.24, 2.45) is 5.14 Å². The van der Waals surface area contributed by atoms with Crippen molar-refractivity contribution in [1.29, 1.82) is 0 Å². The van der Waals surface area contributed by atoms with Gasteiger partial charge in [0.25, 0.3) is 0 Å². The second-order valence-corrected chi connectivity index (χ2v) is 3.71. The molecule has 0 spiro atoms. The molecule has 0 atom stereocenters. The summed E-state index contributed by atoms with van der Waals surface area (Å²) in [6, 6.07) is 1.87. The van der Waals surface area contributed by atoms with Crippen LogP contribution in [0.2, 0.25) is 0 Å². The van der Waals surface area contributed by atoms with Gasteiger partial charge in [0.1, 0.15) is 11.6 Å². The summed E-state index contributed by atoms with van der Waals surface area (Å²) >= 11 is 0. The quantitative estimate of drug-likeness (QED) is 0.710. The number of rotatable bonds is 1. The minimum atomic E-state index is -4.03. The Morgan fingerprint density at radius 1 is 1.08 bits per heavy atom. The van der Waals surface area contributed by atoms with E-state index >= 15 is 0 Å². The predicted molar refractivity (Wildman–Crippen MR) is 37.7 cm³/mol. The summed E-state index contributed by atoms with van der Waals surface area (Å²) < 4.78 is 46.0. The van der Waals surface area contributed by atoms with Crippen molar-refractivity contribution >= 4 is 10.0 Å². The lowest BCUT2D eigenvalue weighted by atomic mass is 10.3. The van der Waals surface area contributed by atoms with Crippen LogP contribution in [-0.2, 0) is 10.0 Å². The molecule has 6 heteroatoms. The van der Waals surface area contributed by atoms with Crippen LogP contribution in [0.3, 0.4) is 0 Å². The van der Waals surface area contributed by atoms with Crippen LogP contribution in [0.15, 0.2) is 23.1 Å². The molecule has 0 aromatic heterocycles. The van der Waals surface area contributed by atoms with Crippen molar-refractivity contribution in [3.8, 4) is 0 Å². The molecule has 0 aliphatic carbocycles. The lowest BCUT2D eigenvalue weighted by Gasteiger charge is -1.97. The monoisotopic (exact) mass is 193 g/mol. The molecule has 1 aromatic carbocycles. The van der Waals surface area contributed by atoms with Gasteiger partial charge in [0, 0.05) is 6.07 Å². The van der Waals surface area contributed by atoms with Gasteiger partial charge in [0.15, 0.2) is 0 Å². The number of halogens is 2. The van der Waals surface area contributed by atoms with Crippen molar-refractivity contribution in [1.82, 2.24) is 0 Å². The van der Waals surface area contributed by atoms with E-state index in [1.807, 2.05) is 0 Å². The normalized spacial score (nSPS) is 11.6. The maximum atomic E-state index is 12.4. The number of hydrogen-bond acceptors (Lipinski definition) is 2. The fourth-order valence-electron chi connectivity index (χ4n) is 0.693. The third-order valence-corrected chi connectivity index (χ3v) is 2.06. The van der Waals surface area contributed by atoms with Gasteiger partial charge in [0.05, 0.1) is 4.90 Å². The van der Waals surface area contributed by atoms with Crippen molar-refractivity contribution in [2.75, 3.05) is 0 Å². The van der Waals surface area contributed by atoms with E-state index in [0.29, 0.717) is 18.2 Å². The van der Waals surface area contributed by atoms with Crippen LogP contribution in [0.1, 0.15) is 0 Å². The van der Waals surface area contributed by atoms with E-state index in [9.17, 15) is 17.2 Å². The molecule has 1 rings (SSSR count). The van der Waals surface area contributed by atoms with Crippen molar-refractivity contribution in [2.45, 2.75) is 4.90 Å². The summed E-state index contributed by atoms with van der Waals surface area (Å²) in [5.41, 5.74) is 0. The van der Waals surface area contributed by atoms with E-state index in [1.165, 1.54) is 0 Å². The van der Waals surface area contributed by atoms with E-state index in [0.717, 1.165) is 0 Å². The highest BCUT2D eigenvalue weighted by molar-refractivity contribution is 7.89. The van der Waals surface area contributed by atoms with Gasteiger partial charge in [-0.05, 0) is 12.1 Å². The van der Waals surface area contributed by atoms with E-state index in [1.54, 1.807) is 0 Å². The molecule has 0 radical (unpaired) electrons. The highest BCUT2D eigenvalue weighted by atomic mass is 32.2. The van der Waals surface area contributed by atoms with Gasteiger partial charge in [-0.1, -0.05) is 0 Å². The molecule has 12 heavy (non-hydrogen) atoms. The third kappa shape index (κ3) is 1.99. The number of nitrogens with two attached hydrogens (primary N) is 1. The second kappa shape index (κ2) is 2.80. The average molecular weight is 193 g/mol. The summed E-state index contributed by atoms with van der Waals surface area (Å²) in [5, 5.41) is 4.63. The van der Waals surface area contributed by atoms with Gasteiger partial charge in [-0.2, -0.15) is 0 Å². The van der Waals surface area contributed by atoms with E-state index in [-0.39, 0.29) is 0 Å². The van der Waals surface area contributed by atoms with Crippen LogP contribution >= 0.6 is 0 Å². The summed E-state index contributed by atoms with van der Waals surface area (Å²) in [6.07, 6.45) is 0. The summed E-state index contributed by atoms with van der Waals surface area (Å²) in [6.45, 7) is 0. The molecule has 1 aromatic rings. The molecule has 0 saturated carbocycles. The van der Waals surface area contributed by atoms with E-state index < -0.39 is 26.6 Å². The van der Waals surface area contributed by atoms with Crippen LogP contribution < -0.4 is 5.14 Å². The number of sulfonamides is 1. The molecule has 0 aliphatic heterocycles. The Labute approximate surface area is 67.9 Å². The number of hydrogen-bond donors (Lipinski definition) is 1. The first-order valence-corrected chi connectivity index (χ1v) is 4.43. The summed E-state index contributed by atoms with van der Waals surface area (Å²) in [7, 11) is -4.03. The topological polar surface area (TPSA) is 60.2 Å². The molecule has 0 unspecified atom stereocenters. The summed E-state index contributed by atoms with van der Waals surface area (Å²) in [5.74, 6) is -1.95. The Kier molecular flexibility index (Phi) is 2.12. The first-order chi connectivity index (χ1) is 5.39. The molecule has 0 bridgehead atoms. The zero-order valence-corrected chi connectivity index (χ0v) is 6.61. The highest BCUT2D eigenvalue weighted by Gasteiger charge is 2.10. The molecule has 0 aliphatic rings. The molecule has 3 nitrogen and oxygen atoms in total. The highest BCUT2D eigenvalue weighted by Crippen LogP contribution is 2.11. The van der Waals surface area contributed by atoms with Crippen molar-refractivity contribution in [3.05, 3.63) is 29.8 Å². The standard InChI is InChI=1S/C6H5F2NO2S/c7-4-1-5(8)3-6(2-4)12(9,10)11/h1-3H,(H2,9,10,11).